The molecule has 26 heavy (non-hydrogen) atoms. The summed E-state index contributed by atoms with van der Waals surface area (Å²) >= 11 is 4.96. The summed E-state index contributed by atoms with van der Waals surface area (Å²) < 4.78 is 87.5. The highest BCUT2D eigenvalue weighted by molar-refractivity contribution is 7.80. The normalized spacial score (nSPS) is 11.8. The Bertz CT molecular complexity index is 559. The van der Waals surface area contributed by atoms with Gasteiger partial charge in [-0.2, -0.15) is 26.3 Å². The van der Waals surface area contributed by atoms with Gasteiger partial charge < -0.3 is 24.8 Å². The fourth-order valence-electron chi connectivity index (χ4n) is 1.58. The van der Waals surface area contributed by atoms with Gasteiger partial charge in [-0.25, -0.2) is 0 Å². The number of hydrogen-bond donors (Lipinski definition) is 2. The molecule has 0 atom stereocenters. The average Bonchev–Trinajstić information content (AvgIpc) is 2.50. The van der Waals surface area contributed by atoms with Crippen LogP contribution in [0.15, 0.2) is 18.2 Å². The molecular weight excluding hydrogens is 390 g/mol. The van der Waals surface area contributed by atoms with E-state index in [1.54, 1.807) is 0 Å². The average molecular weight is 406 g/mol. The van der Waals surface area contributed by atoms with Crippen molar-refractivity contribution in [2.45, 2.75) is 12.4 Å². The van der Waals surface area contributed by atoms with Crippen molar-refractivity contribution in [1.82, 2.24) is 5.32 Å². The number of ether oxygens (including phenoxy) is 3. The van der Waals surface area contributed by atoms with Gasteiger partial charge in [-0.1, -0.05) is 0 Å². The summed E-state index contributed by atoms with van der Waals surface area (Å²) in [5.41, 5.74) is 0.0942. The smallest absolute Gasteiger partial charge is 0.422 e. The van der Waals surface area contributed by atoms with Crippen molar-refractivity contribution in [3.8, 4) is 11.5 Å². The summed E-state index contributed by atoms with van der Waals surface area (Å²) in [5.74, 6) is -0.659. The van der Waals surface area contributed by atoms with Crippen LogP contribution in [0.4, 0.5) is 32.0 Å². The van der Waals surface area contributed by atoms with Gasteiger partial charge in [-0.05, 0) is 12.2 Å². The minimum atomic E-state index is -4.60. The van der Waals surface area contributed by atoms with E-state index in [0.717, 1.165) is 18.2 Å². The molecule has 0 heterocycles. The van der Waals surface area contributed by atoms with Gasteiger partial charge in [-0.3, -0.25) is 0 Å². The molecule has 2 N–H and O–H groups in total. The van der Waals surface area contributed by atoms with E-state index in [4.69, 9.17) is 17.0 Å². The maximum Gasteiger partial charge on any atom is 0.422 e. The molecule has 0 aliphatic carbocycles. The van der Waals surface area contributed by atoms with E-state index in [1.165, 1.54) is 7.11 Å². The first-order valence-corrected chi connectivity index (χ1v) is 7.47. The van der Waals surface area contributed by atoms with Gasteiger partial charge in [0.1, 0.15) is 11.5 Å². The zero-order valence-corrected chi connectivity index (χ0v) is 14.3. The molecule has 0 aliphatic heterocycles. The summed E-state index contributed by atoms with van der Waals surface area (Å²) in [6, 6.07) is 3.22. The van der Waals surface area contributed by atoms with Crippen molar-refractivity contribution in [3.63, 3.8) is 0 Å². The molecule has 0 unspecified atom stereocenters. The third-order valence-electron chi connectivity index (χ3n) is 2.53. The molecule has 148 valence electrons. The summed E-state index contributed by atoms with van der Waals surface area (Å²) in [6.07, 6.45) is -9.21. The van der Waals surface area contributed by atoms with E-state index in [9.17, 15) is 26.3 Å². The summed E-state index contributed by atoms with van der Waals surface area (Å²) in [4.78, 5) is 0. The Morgan fingerprint density at radius 3 is 1.88 bits per heavy atom. The number of methoxy groups -OCH3 is 1. The number of halogens is 6. The molecule has 0 bridgehead atoms. The summed E-state index contributed by atoms with van der Waals surface area (Å²) in [6.45, 7) is -2.52. The number of anilines is 1. The maximum atomic E-state index is 12.3. The Morgan fingerprint density at radius 1 is 0.962 bits per heavy atom. The minimum absolute atomic E-state index is 0.0942. The molecule has 12 heteroatoms. The molecule has 0 spiro atoms. The van der Waals surface area contributed by atoms with Crippen LogP contribution in [0.2, 0.25) is 0 Å². The van der Waals surface area contributed by atoms with Gasteiger partial charge in [-0.15, -0.1) is 0 Å². The molecule has 5 nitrogen and oxygen atoms in total. The van der Waals surface area contributed by atoms with E-state index in [-0.39, 0.29) is 22.3 Å². The number of nitrogens with one attached hydrogen (secondary N) is 2. The fourth-order valence-corrected chi connectivity index (χ4v) is 1.80. The molecule has 1 aromatic carbocycles. The van der Waals surface area contributed by atoms with Gasteiger partial charge in [0.15, 0.2) is 18.3 Å². The van der Waals surface area contributed by atoms with Gasteiger partial charge in [0.05, 0.1) is 6.61 Å². The van der Waals surface area contributed by atoms with Crippen LogP contribution in [0.3, 0.4) is 0 Å². The monoisotopic (exact) mass is 406 g/mol. The zero-order chi connectivity index (χ0) is 19.8. The SMILES string of the molecule is COCCNC(=S)Nc1cc(OCC(F)(F)F)cc(OCC(F)(F)F)c1. The first kappa shape index (κ1) is 22.1. The van der Waals surface area contributed by atoms with Crippen LogP contribution >= 0.6 is 12.2 Å². The molecule has 1 aromatic rings. The lowest BCUT2D eigenvalue weighted by Crippen LogP contribution is -2.31. The van der Waals surface area contributed by atoms with Crippen molar-refractivity contribution in [2.75, 3.05) is 38.8 Å². The maximum absolute atomic E-state index is 12.3. The third-order valence-corrected chi connectivity index (χ3v) is 2.78. The van der Waals surface area contributed by atoms with Gasteiger partial charge in [0.2, 0.25) is 0 Å². The van der Waals surface area contributed by atoms with Crippen molar-refractivity contribution >= 4 is 23.0 Å². The highest BCUT2D eigenvalue weighted by Crippen LogP contribution is 2.29. The van der Waals surface area contributed by atoms with Crippen molar-refractivity contribution in [2.24, 2.45) is 0 Å². The Balaban J connectivity index is 2.86. The molecule has 0 aliphatic rings. The first-order valence-electron chi connectivity index (χ1n) is 7.06. The lowest BCUT2D eigenvalue weighted by molar-refractivity contribution is -0.153. The second-order valence-corrected chi connectivity index (χ2v) is 5.28. The minimum Gasteiger partial charge on any atom is -0.484 e. The molecule has 0 fully saturated rings. The Kier molecular flexibility index (Phi) is 8.21. The molecule has 0 radical (unpaired) electrons. The summed E-state index contributed by atoms with van der Waals surface area (Å²) in [5, 5.41) is 5.45. The summed E-state index contributed by atoms with van der Waals surface area (Å²) in [7, 11) is 1.48. The predicted octanol–water partition coefficient (Wildman–Crippen LogP) is 3.50. The third kappa shape index (κ3) is 10.1. The highest BCUT2D eigenvalue weighted by Gasteiger charge is 2.30. The van der Waals surface area contributed by atoms with Gasteiger partial charge >= 0.3 is 12.4 Å². The highest BCUT2D eigenvalue weighted by atomic mass is 32.1. The van der Waals surface area contributed by atoms with E-state index < -0.39 is 25.6 Å². The zero-order valence-electron chi connectivity index (χ0n) is 13.5. The topological polar surface area (TPSA) is 51.8 Å². The Morgan fingerprint density at radius 2 is 1.46 bits per heavy atom. The van der Waals surface area contributed by atoms with Crippen LogP contribution in [-0.2, 0) is 4.74 Å². The second kappa shape index (κ2) is 9.67. The molecule has 0 amide bonds. The van der Waals surface area contributed by atoms with Crippen molar-refractivity contribution in [3.05, 3.63) is 18.2 Å². The number of hydrogen-bond acceptors (Lipinski definition) is 4. The molecule has 0 aromatic heterocycles. The quantitative estimate of drug-likeness (QED) is 0.392. The molecular formula is C14H16F6N2O3S. The Hall–Kier alpha value is -1.95. The second-order valence-electron chi connectivity index (χ2n) is 4.87. The van der Waals surface area contributed by atoms with Gasteiger partial charge in [0, 0.05) is 37.5 Å². The van der Waals surface area contributed by atoms with Crippen molar-refractivity contribution < 1.29 is 40.6 Å². The van der Waals surface area contributed by atoms with Crippen LogP contribution in [0.1, 0.15) is 0 Å². The van der Waals surface area contributed by atoms with Crippen LogP contribution in [0.5, 0.6) is 11.5 Å². The molecule has 0 saturated heterocycles. The number of alkyl halides is 6. The number of benzene rings is 1. The largest absolute Gasteiger partial charge is 0.484 e. The lowest BCUT2D eigenvalue weighted by Gasteiger charge is -2.16. The Labute approximate surface area is 150 Å². The molecule has 1 rings (SSSR count). The van der Waals surface area contributed by atoms with Crippen LogP contribution in [0.25, 0.3) is 0 Å². The van der Waals surface area contributed by atoms with Crippen LogP contribution < -0.4 is 20.1 Å². The van der Waals surface area contributed by atoms with Crippen LogP contribution in [0, 0.1) is 0 Å². The number of rotatable bonds is 8. The fraction of sp³-hybridized carbons (Fsp3) is 0.500. The van der Waals surface area contributed by atoms with Crippen LogP contribution in [-0.4, -0.2) is 50.9 Å². The van der Waals surface area contributed by atoms with E-state index in [2.05, 4.69) is 20.1 Å². The van der Waals surface area contributed by atoms with Gasteiger partial charge in [0.25, 0.3) is 0 Å². The van der Waals surface area contributed by atoms with E-state index in [1.807, 2.05) is 0 Å². The lowest BCUT2D eigenvalue weighted by atomic mass is 10.2. The standard InChI is InChI=1S/C14H16F6N2O3S/c1-23-3-2-21-12(26)22-9-4-10(24-7-13(15,16)17)6-11(5-9)25-8-14(18,19)20/h4-6H,2-3,7-8H2,1H3,(H2,21,22,26). The van der Waals surface area contributed by atoms with E-state index >= 15 is 0 Å². The predicted molar refractivity (Wildman–Crippen MR) is 85.6 cm³/mol. The van der Waals surface area contributed by atoms with E-state index in [0.29, 0.717) is 13.2 Å². The first-order chi connectivity index (χ1) is 12.0. The van der Waals surface area contributed by atoms with Crippen molar-refractivity contribution in [1.29, 1.82) is 0 Å². The number of thiocarbonyl (C=S) groups is 1. The molecule has 0 saturated carbocycles.